The van der Waals surface area contributed by atoms with Gasteiger partial charge in [0.25, 0.3) is 5.91 Å². The van der Waals surface area contributed by atoms with E-state index in [2.05, 4.69) is 22.5 Å². The molecule has 0 unspecified atom stereocenters. The lowest BCUT2D eigenvalue weighted by atomic mass is 9.96. The number of fused-ring (bicyclic) bond motifs is 1. The number of nitrogens with one attached hydrogen (secondary N) is 2. The third-order valence-electron chi connectivity index (χ3n) is 5.73. The molecule has 29 heavy (non-hydrogen) atoms. The highest BCUT2D eigenvalue weighted by Gasteiger charge is 2.32. The molecule has 1 saturated heterocycles. The topological polar surface area (TPSA) is 70.7 Å². The first-order valence-electron chi connectivity index (χ1n) is 10.3. The normalized spacial score (nSPS) is 22.8. The number of carbonyl (C=O) groups is 2. The van der Waals surface area contributed by atoms with Crippen LogP contribution < -0.4 is 15.4 Å². The van der Waals surface area contributed by atoms with Crippen molar-refractivity contribution < 1.29 is 14.3 Å². The summed E-state index contributed by atoms with van der Waals surface area (Å²) >= 11 is 0. The fourth-order valence-corrected chi connectivity index (χ4v) is 4.13. The Bertz CT molecular complexity index is 899. The highest BCUT2D eigenvalue weighted by Crippen LogP contribution is 2.34. The molecule has 0 bridgehead atoms. The molecule has 2 aromatic rings. The van der Waals surface area contributed by atoms with E-state index < -0.39 is 6.10 Å². The van der Waals surface area contributed by atoms with Gasteiger partial charge >= 0.3 is 0 Å². The lowest BCUT2D eigenvalue weighted by molar-refractivity contribution is -0.123. The number of hydrogen-bond donors (Lipinski definition) is 2. The minimum absolute atomic E-state index is 0.0682. The average molecular weight is 393 g/mol. The van der Waals surface area contributed by atoms with Gasteiger partial charge in [-0.25, -0.2) is 0 Å². The number of ether oxygens (including phenoxy) is 1. The van der Waals surface area contributed by atoms with Gasteiger partial charge in [-0.05, 0) is 57.0 Å². The lowest BCUT2D eigenvalue weighted by Gasteiger charge is -2.39. The summed E-state index contributed by atoms with van der Waals surface area (Å²) in [6, 6.07) is 15.2. The first-order chi connectivity index (χ1) is 14.0. The molecule has 2 heterocycles. The minimum atomic E-state index is -0.522. The van der Waals surface area contributed by atoms with Crippen LogP contribution in [0.3, 0.4) is 0 Å². The second-order valence-corrected chi connectivity index (χ2v) is 7.85. The Morgan fingerprint density at radius 3 is 2.72 bits per heavy atom. The van der Waals surface area contributed by atoms with E-state index in [0.717, 1.165) is 24.9 Å². The summed E-state index contributed by atoms with van der Waals surface area (Å²) in [4.78, 5) is 27.6. The Hall–Kier alpha value is -2.86. The van der Waals surface area contributed by atoms with E-state index in [1.807, 2.05) is 36.4 Å². The van der Waals surface area contributed by atoms with Gasteiger partial charge < -0.3 is 15.4 Å². The molecule has 3 atom stereocenters. The molecule has 1 fully saturated rings. The minimum Gasteiger partial charge on any atom is -0.479 e. The van der Waals surface area contributed by atoms with Crippen molar-refractivity contribution in [2.75, 3.05) is 17.2 Å². The molecule has 2 aliphatic heterocycles. The third-order valence-corrected chi connectivity index (χ3v) is 5.73. The molecule has 2 aliphatic rings. The van der Waals surface area contributed by atoms with Crippen molar-refractivity contribution in [3.63, 3.8) is 0 Å². The van der Waals surface area contributed by atoms with Gasteiger partial charge in [0.2, 0.25) is 5.91 Å². The van der Waals surface area contributed by atoms with E-state index in [9.17, 15) is 9.59 Å². The van der Waals surface area contributed by atoms with Crippen molar-refractivity contribution in [3.05, 3.63) is 54.1 Å². The van der Waals surface area contributed by atoms with Crippen LogP contribution in [0.2, 0.25) is 0 Å². The van der Waals surface area contributed by atoms with Gasteiger partial charge in [-0.1, -0.05) is 36.8 Å². The second kappa shape index (κ2) is 8.25. The molecular weight excluding hydrogens is 366 g/mol. The number of piperidine rings is 1. The number of likely N-dealkylation sites (tertiary alicyclic amines) is 1. The highest BCUT2D eigenvalue weighted by molar-refractivity contribution is 6.00. The van der Waals surface area contributed by atoms with Crippen LogP contribution in [0, 0.1) is 0 Å². The van der Waals surface area contributed by atoms with E-state index in [-0.39, 0.29) is 17.9 Å². The Labute approximate surface area is 171 Å². The van der Waals surface area contributed by atoms with E-state index in [1.54, 1.807) is 19.1 Å². The van der Waals surface area contributed by atoms with Crippen LogP contribution in [0.15, 0.2) is 48.5 Å². The SMILES string of the molecule is C[C@@H]1Oc2ccc(NC(=O)[C@@H](c3ccccc3)N3CCCC[C@H]3C)cc2NC1=O. The smallest absolute Gasteiger partial charge is 0.265 e. The van der Waals surface area contributed by atoms with Gasteiger partial charge in [0.1, 0.15) is 11.8 Å². The predicted octanol–water partition coefficient (Wildman–Crippen LogP) is 3.96. The molecule has 2 amide bonds. The molecule has 0 saturated carbocycles. The Morgan fingerprint density at radius 1 is 1.17 bits per heavy atom. The van der Waals surface area contributed by atoms with Gasteiger partial charge in [-0.2, -0.15) is 0 Å². The molecule has 0 spiro atoms. The van der Waals surface area contributed by atoms with Crippen LogP contribution in [0.1, 0.15) is 44.7 Å². The summed E-state index contributed by atoms with van der Waals surface area (Å²) in [6.07, 6.45) is 2.87. The molecule has 6 nitrogen and oxygen atoms in total. The van der Waals surface area contributed by atoms with E-state index in [0.29, 0.717) is 23.2 Å². The molecule has 4 rings (SSSR count). The van der Waals surface area contributed by atoms with Crippen molar-refractivity contribution in [1.82, 2.24) is 4.90 Å². The van der Waals surface area contributed by atoms with Crippen molar-refractivity contribution >= 4 is 23.2 Å². The maximum Gasteiger partial charge on any atom is 0.265 e. The average Bonchev–Trinajstić information content (AvgIpc) is 2.71. The summed E-state index contributed by atoms with van der Waals surface area (Å²) < 4.78 is 5.60. The van der Waals surface area contributed by atoms with E-state index in [1.165, 1.54) is 6.42 Å². The third kappa shape index (κ3) is 4.12. The van der Waals surface area contributed by atoms with Crippen LogP contribution in [0.5, 0.6) is 5.75 Å². The molecule has 2 aromatic carbocycles. The maximum absolute atomic E-state index is 13.4. The monoisotopic (exact) mass is 393 g/mol. The van der Waals surface area contributed by atoms with Gasteiger partial charge in [0.05, 0.1) is 5.69 Å². The van der Waals surface area contributed by atoms with Crippen molar-refractivity contribution in [3.8, 4) is 5.75 Å². The molecule has 0 radical (unpaired) electrons. The fraction of sp³-hybridized carbons (Fsp3) is 0.391. The zero-order valence-electron chi connectivity index (χ0n) is 16.9. The first kappa shape index (κ1) is 19.5. The van der Waals surface area contributed by atoms with E-state index >= 15 is 0 Å². The number of anilines is 2. The summed E-state index contributed by atoms with van der Waals surface area (Å²) in [5, 5.41) is 5.88. The maximum atomic E-state index is 13.4. The highest BCUT2D eigenvalue weighted by atomic mass is 16.5. The predicted molar refractivity (Wildman–Crippen MR) is 113 cm³/mol. The van der Waals surface area contributed by atoms with Crippen LogP contribution in [-0.4, -0.2) is 35.4 Å². The molecular formula is C23H27N3O3. The van der Waals surface area contributed by atoms with Crippen LogP contribution in [0.4, 0.5) is 11.4 Å². The van der Waals surface area contributed by atoms with Gasteiger partial charge in [-0.3, -0.25) is 14.5 Å². The number of rotatable bonds is 4. The standard InChI is InChI=1S/C23H27N3O3/c1-15-8-6-7-13-26(15)21(17-9-4-3-5-10-17)23(28)24-18-11-12-20-19(14-18)25-22(27)16(2)29-20/h3-5,9-12,14-16,21H,6-8,13H2,1-2H3,(H,24,28)(H,25,27)/t15-,16+,21-/m1/s1. The summed E-state index contributed by atoms with van der Waals surface area (Å²) in [5.41, 5.74) is 2.20. The lowest BCUT2D eigenvalue weighted by Crippen LogP contribution is -2.45. The van der Waals surface area contributed by atoms with Crippen molar-refractivity contribution in [2.45, 2.75) is 51.3 Å². The number of hydrogen-bond acceptors (Lipinski definition) is 4. The van der Waals surface area contributed by atoms with Crippen LogP contribution >= 0.6 is 0 Å². The summed E-state index contributed by atoms with van der Waals surface area (Å²) in [6.45, 7) is 4.80. The fourth-order valence-electron chi connectivity index (χ4n) is 4.13. The summed E-state index contributed by atoms with van der Waals surface area (Å²) in [5.74, 6) is 0.353. The number of nitrogens with zero attached hydrogens (tertiary/aromatic N) is 1. The first-order valence-corrected chi connectivity index (χ1v) is 10.3. The Morgan fingerprint density at radius 2 is 1.97 bits per heavy atom. The Balaban J connectivity index is 1.59. The van der Waals surface area contributed by atoms with Gasteiger partial charge in [0, 0.05) is 11.7 Å². The van der Waals surface area contributed by atoms with Crippen molar-refractivity contribution in [2.24, 2.45) is 0 Å². The number of amides is 2. The number of benzene rings is 2. The molecule has 0 aliphatic carbocycles. The molecule has 152 valence electrons. The van der Waals surface area contributed by atoms with Crippen LogP contribution in [-0.2, 0) is 9.59 Å². The van der Waals surface area contributed by atoms with Gasteiger partial charge in [-0.15, -0.1) is 0 Å². The largest absolute Gasteiger partial charge is 0.479 e. The van der Waals surface area contributed by atoms with Crippen molar-refractivity contribution in [1.29, 1.82) is 0 Å². The zero-order chi connectivity index (χ0) is 20.4. The van der Waals surface area contributed by atoms with Crippen LogP contribution in [0.25, 0.3) is 0 Å². The Kier molecular flexibility index (Phi) is 5.53. The van der Waals surface area contributed by atoms with Gasteiger partial charge in [0.15, 0.2) is 6.10 Å². The molecule has 0 aromatic heterocycles. The second-order valence-electron chi connectivity index (χ2n) is 7.85. The summed E-state index contributed by atoms with van der Waals surface area (Å²) in [7, 11) is 0. The molecule has 2 N–H and O–H groups in total. The van der Waals surface area contributed by atoms with E-state index in [4.69, 9.17) is 4.74 Å². The quantitative estimate of drug-likeness (QED) is 0.825. The molecule has 6 heteroatoms. The zero-order valence-corrected chi connectivity index (χ0v) is 16.9. The number of carbonyl (C=O) groups excluding carboxylic acids is 2.